The van der Waals surface area contributed by atoms with Crippen LogP contribution in [0.5, 0.6) is 0 Å². The molecular weight excluding hydrogens is 200 g/mol. The summed E-state index contributed by atoms with van der Waals surface area (Å²) in [5, 5.41) is 0. The smallest absolute Gasteiger partial charge is 0.000349 e. The van der Waals surface area contributed by atoms with Crippen molar-refractivity contribution in [3.63, 3.8) is 0 Å². The van der Waals surface area contributed by atoms with E-state index in [1.165, 1.54) is 9.81 Å². The van der Waals surface area contributed by atoms with Gasteiger partial charge in [0.1, 0.15) is 0 Å². The van der Waals surface area contributed by atoms with Crippen LogP contribution in [-0.4, -0.2) is 6.26 Å². The molecule has 0 aromatic carbocycles. The van der Waals surface area contributed by atoms with Gasteiger partial charge < -0.3 is 0 Å². The second-order valence-electron chi connectivity index (χ2n) is 5.98. The van der Waals surface area contributed by atoms with Crippen molar-refractivity contribution < 1.29 is 0 Å². The van der Waals surface area contributed by atoms with Crippen LogP contribution in [0.4, 0.5) is 0 Å². The average molecular weight is 221 g/mol. The molecule has 0 aromatic rings. The molecule has 0 amide bonds. The molecule has 0 bridgehead atoms. The van der Waals surface area contributed by atoms with E-state index < -0.39 is 9.24 Å². The van der Waals surface area contributed by atoms with Crippen molar-refractivity contribution >= 4 is 19.9 Å². The first-order chi connectivity index (χ1) is 5.49. The van der Waals surface area contributed by atoms with Gasteiger partial charge in [0.15, 0.2) is 0 Å². The van der Waals surface area contributed by atoms with Gasteiger partial charge >= 0.3 is 0 Å². The maximum Gasteiger partial charge on any atom is -0.000349 e. The lowest BCUT2D eigenvalue weighted by molar-refractivity contribution is 0.502. The summed E-state index contributed by atoms with van der Waals surface area (Å²) < 4.78 is 0. The first kappa shape index (κ1) is 11.5. The molecular formula is C11H21ClS. The Labute approximate surface area is 88.6 Å². The SMILES string of the molecule is CC(C)(C)C1=C(C(C)(C)C)S1(C)Cl. The fourth-order valence-corrected chi connectivity index (χ4v) is 7.82. The molecule has 1 aliphatic rings. The fraction of sp³-hybridized carbons (Fsp3) is 0.818. The molecule has 1 rings (SSSR count). The Hall–Kier alpha value is 0.380. The largest absolute Gasteiger partial charge is 0.116 e. The van der Waals surface area contributed by atoms with Crippen molar-refractivity contribution in [3.8, 4) is 0 Å². The van der Waals surface area contributed by atoms with E-state index in [0.717, 1.165) is 0 Å². The third kappa shape index (κ3) is 1.92. The van der Waals surface area contributed by atoms with Gasteiger partial charge in [-0.1, -0.05) is 52.2 Å². The third-order valence-electron chi connectivity index (χ3n) is 2.29. The first-order valence-electron chi connectivity index (χ1n) is 4.72. The van der Waals surface area contributed by atoms with E-state index in [1.54, 1.807) is 0 Å². The maximum atomic E-state index is 6.55. The lowest BCUT2D eigenvalue weighted by atomic mass is 9.89. The Morgan fingerprint density at radius 2 is 1.08 bits per heavy atom. The van der Waals surface area contributed by atoms with Crippen molar-refractivity contribution in [2.45, 2.75) is 41.5 Å². The normalized spacial score (nSPS) is 24.6. The van der Waals surface area contributed by atoms with E-state index >= 15 is 0 Å². The van der Waals surface area contributed by atoms with Gasteiger partial charge in [-0.15, -0.1) is 9.24 Å². The summed E-state index contributed by atoms with van der Waals surface area (Å²) in [5.74, 6) is 0. The highest BCUT2D eigenvalue weighted by atomic mass is 35.7. The topological polar surface area (TPSA) is 0 Å². The summed E-state index contributed by atoms with van der Waals surface area (Å²) in [5.41, 5.74) is 0.517. The summed E-state index contributed by atoms with van der Waals surface area (Å²) in [6.45, 7) is 13.6. The van der Waals surface area contributed by atoms with Crippen molar-refractivity contribution in [1.29, 1.82) is 0 Å². The Bertz CT molecular complexity index is 235. The molecule has 1 heterocycles. The van der Waals surface area contributed by atoms with Crippen molar-refractivity contribution in [3.05, 3.63) is 9.81 Å². The molecule has 0 radical (unpaired) electrons. The molecule has 0 aromatic heterocycles. The second kappa shape index (κ2) is 2.70. The lowest BCUT2D eigenvalue weighted by Gasteiger charge is -2.21. The summed E-state index contributed by atoms with van der Waals surface area (Å²) >= 11 is 0. The van der Waals surface area contributed by atoms with E-state index in [2.05, 4.69) is 47.8 Å². The van der Waals surface area contributed by atoms with E-state index in [0.29, 0.717) is 0 Å². The van der Waals surface area contributed by atoms with Gasteiger partial charge in [0.2, 0.25) is 0 Å². The Morgan fingerprint density at radius 1 is 0.846 bits per heavy atom. The van der Waals surface area contributed by atoms with E-state index in [1.807, 2.05) is 0 Å². The van der Waals surface area contributed by atoms with Gasteiger partial charge in [0.25, 0.3) is 0 Å². The minimum atomic E-state index is -1.01. The van der Waals surface area contributed by atoms with Crippen molar-refractivity contribution in [1.82, 2.24) is 0 Å². The Balaban J connectivity index is 3.05. The van der Waals surface area contributed by atoms with Crippen LogP contribution in [0.1, 0.15) is 41.5 Å². The highest BCUT2D eigenvalue weighted by Gasteiger charge is 2.53. The third-order valence-corrected chi connectivity index (χ3v) is 6.18. The molecule has 0 N–H and O–H groups in total. The van der Waals surface area contributed by atoms with Crippen LogP contribution in [0.3, 0.4) is 0 Å². The first-order valence-corrected chi connectivity index (χ1v) is 7.59. The van der Waals surface area contributed by atoms with Crippen LogP contribution in [0.15, 0.2) is 9.81 Å². The van der Waals surface area contributed by atoms with Crippen LogP contribution in [0.25, 0.3) is 0 Å². The minimum Gasteiger partial charge on any atom is -0.116 e. The molecule has 0 nitrogen and oxygen atoms in total. The minimum absolute atomic E-state index is 0.258. The summed E-state index contributed by atoms with van der Waals surface area (Å²) in [4.78, 5) is 3.04. The molecule has 0 saturated heterocycles. The highest BCUT2D eigenvalue weighted by Crippen LogP contribution is 2.86. The molecule has 13 heavy (non-hydrogen) atoms. The average Bonchev–Trinajstić information content (AvgIpc) is 2.29. The van der Waals surface area contributed by atoms with Gasteiger partial charge in [-0.3, -0.25) is 0 Å². The Kier molecular flexibility index (Phi) is 2.38. The molecule has 0 saturated carbocycles. The fourth-order valence-electron chi connectivity index (χ4n) is 2.11. The van der Waals surface area contributed by atoms with Crippen LogP contribution >= 0.6 is 19.9 Å². The number of hydrogen-bond acceptors (Lipinski definition) is 0. The van der Waals surface area contributed by atoms with Gasteiger partial charge in [-0.05, 0) is 26.9 Å². The van der Waals surface area contributed by atoms with Gasteiger partial charge in [0.05, 0.1) is 0 Å². The molecule has 2 heteroatoms. The quantitative estimate of drug-likeness (QED) is 0.545. The summed E-state index contributed by atoms with van der Waals surface area (Å²) in [6, 6.07) is 0. The number of allylic oxidation sites excluding steroid dienone is 2. The molecule has 0 aliphatic carbocycles. The molecule has 1 aliphatic heterocycles. The predicted octanol–water partition coefficient (Wildman–Crippen LogP) is 4.89. The zero-order valence-corrected chi connectivity index (χ0v) is 11.4. The molecule has 0 fully saturated rings. The summed E-state index contributed by atoms with van der Waals surface area (Å²) in [7, 11) is 5.54. The molecule has 0 unspecified atom stereocenters. The van der Waals surface area contributed by atoms with Crippen LogP contribution in [0, 0.1) is 10.8 Å². The standard InChI is InChI=1S/C11H21ClS/c1-10(2,3)8-9(11(4,5)6)13(8,7)12/h1-7H3. The van der Waals surface area contributed by atoms with Crippen molar-refractivity contribution in [2.24, 2.45) is 10.8 Å². The molecule has 0 atom stereocenters. The van der Waals surface area contributed by atoms with Crippen LogP contribution < -0.4 is 0 Å². The van der Waals surface area contributed by atoms with E-state index in [4.69, 9.17) is 10.7 Å². The highest BCUT2D eigenvalue weighted by molar-refractivity contribution is 8.60. The van der Waals surface area contributed by atoms with E-state index in [9.17, 15) is 0 Å². The molecule has 78 valence electrons. The van der Waals surface area contributed by atoms with Crippen LogP contribution in [0.2, 0.25) is 0 Å². The number of halogens is 1. The second-order valence-corrected chi connectivity index (χ2v) is 10.3. The maximum absolute atomic E-state index is 6.55. The number of hydrogen-bond donors (Lipinski definition) is 0. The summed E-state index contributed by atoms with van der Waals surface area (Å²) in [6.07, 6.45) is 2.20. The van der Waals surface area contributed by atoms with Crippen LogP contribution in [-0.2, 0) is 0 Å². The Morgan fingerprint density at radius 3 is 1.15 bits per heavy atom. The zero-order valence-electron chi connectivity index (χ0n) is 9.79. The zero-order chi connectivity index (χ0) is 10.7. The van der Waals surface area contributed by atoms with Crippen molar-refractivity contribution in [2.75, 3.05) is 6.26 Å². The monoisotopic (exact) mass is 220 g/mol. The lowest BCUT2D eigenvalue weighted by Crippen LogP contribution is -2.04. The number of rotatable bonds is 0. The molecule has 0 spiro atoms. The van der Waals surface area contributed by atoms with E-state index in [-0.39, 0.29) is 10.8 Å². The predicted molar refractivity (Wildman–Crippen MR) is 65.3 cm³/mol. The van der Waals surface area contributed by atoms with Gasteiger partial charge in [-0.2, -0.15) is 0 Å². The van der Waals surface area contributed by atoms with Gasteiger partial charge in [0, 0.05) is 0 Å². The van der Waals surface area contributed by atoms with Gasteiger partial charge in [-0.25, -0.2) is 0 Å².